The van der Waals surface area contributed by atoms with Crippen LogP contribution in [0.15, 0.2) is 18.2 Å². The zero-order chi connectivity index (χ0) is 12.7. The standard InChI is InChI=1S/C15H25NO/c1-5-9-16-11-14(6-2)17-15-8-7-12(3)13(4)10-15/h7-8,10,14,16H,5-6,9,11H2,1-4H3. The van der Waals surface area contributed by atoms with Gasteiger partial charge < -0.3 is 10.1 Å². The lowest BCUT2D eigenvalue weighted by Crippen LogP contribution is -2.31. The van der Waals surface area contributed by atoms with Crippen LogP contribution in [0.3, 0.4) is 0 Å². The fraction of sp³-hybridized carbons (Fsp3) is 0.600. The zero-order valence-electron chi connectivity index (χ0n) is 11.5. The van der Waals surface area contributed by atoms with E-state index in [1.54, 1.807) is 0 Å². The Labute approximate surface area is 105 Å². The topological polar surface area (TPSA) is 21.3 Å². The van der Waals surface area contributed by atoms with Gasteiger partial charge in [-0.25, -0.2) is 0 Å². The highest BCUT2D eigenvalue weighted by atomic mass is 16.5. The number of hydrogen-bond acceptors (Lipinski definition) is 2. The van der Waals surface area contributed by atoms with E-state index in [1.165, 1.54) is 17.5 Å². The van der Waals surface area contributed by atoms with Gasteiger partial charge in [-0.2, -0.15) is 0 Å². The molecule has 0 spiro atoms. The second-order valence-electron chi connectivity index (χ2n) is 4.60. The Hall–Kier alpha value is -1.02. The van der Waals surface area contributed by atoms with Gasteiger partial charge >= 0.3 is 0 Å². The molecule has 1 rings (SSSR count). The molecule has 0 amide bonds. The summed E-state index contributed by atoms with van der Waals surface area (Å²) in [4.78, 5) is 0. The number of rotatable bonds is 7. The van der Waals surface area contributed by atoms with Gasteiger partial charge in [0.15, 0.2) is 0 Å². The highest BCUT2D eigenvalue weighted by molar-refractivity contribution is 5.33. The summed E-state index contributed by atoms with van der Waals surface area (Å²) in [6.45, 7) is 10.6. The number of benzene rings is 1. The highest BCUT2D eigenvalue weighted by Crippen LogP contribution is 2.18. The number of nitrogens with one attached hydrogen (secondary N) is 1. The smallest absolute Gasteiger partial charge is 0.120 e. The van der Waals surface area contributed by atoms with E-state index < -0.39 is 0 Å². The summed E-state index contributed by atoms with van der Waals surface area (Å²) in [5.41, 5.74) is 2.60. The van der Waals surface area contributed by atoms with E-state index in [9.17, 15) is 0 Å². The lowest BCUT2D eigenvalue weighted by Gasteiger charge is -2.18. The first-order valence-electron chi connectivity index (χ1n) is 6.62. The van der Waals surface area contributed by atoms with Crippen molar-refractivity contribution in [2.45, 2.75) is 46.6 Å². The first-order valence-corrected chi connectivity index (χ1v) is 6.62. The molecule has 0 aromatic heterocycles. The minimum Gasteiger partial charge on any atom is -0.489 e. The van der Waals surface area contributed by atoms with Gasteiger partial charge in [-0.3, -0.25) is 0 Å². The van der Waals surface area contributed by atoms with Gasteiger partial charge in [-0.05, 0) is 56.5 Å². The molecular formula is C15H25NO. The van der Waals surface area contributed by atoms with E-state index in [4.69, 9.17) is 4.74 Å². The predicted molar refractivity (Wildman–Crippen MR) is 73.8 cm³/mol. The molecule has 0 saturated carbocycles. The normalized spacial score (nSPS) is 12.5. The molecule has 1 N–H and O–H groups in total. The van der Waals surface area contributed by atoms with Crippen LogP contribution < -0.4 is 10.1 Å². The van der Waals surface area contributed by atoms with Gasteiger partial charge in [-0.1, -0.05) is 19.9 Å². The van der Waals surface area contributed by atoms with Crippen LogP contribution in [0.2, 0.25) is 0 Å². The van der Waals surface area contributed by atoms with Gasteiger partial charge in [0.1, 0.15) is 11.9 Å². The highest BCUT2D eigenvalue weighted by Gasteiger charge is 2.07. The number of ether oxygens (including phenoxy) is 1. The summed E-state index contributed by atoms with van der Waals surface area (Å²) in [5.74, 6) is 0.984. The monoisotopic (exact) mass is 235 g/mol. The molecule has 2 nitrogen and oxygen atoms in total. The van der Waals surface area contributed by atoms with Crippen molar-refractivity contribution < 1.29 is 4.74 Å². The molecule has 1 unspecified atom stereocenters. The van der Waals surface area contributed by atoms with E-state index in [0.717, 1.165) is 25.3 Å². The van der Waals surface area contributed by atoms with Crippen molar-refractivity contribution in [1.29, 1.82) is 0 Å². The Balaban J connectivity index is 2.51. The molecule has 17 heavy (non-hydrogen) atoms. The van der Waals surface area contributed by atoms with E-state index in [0.29, 0.717) is 0 Å². The van der Waals surface area contributed by atoms with Crippen molar-refractivity contribution in [1.82, 2.24) is 5.32 Å². The molecule has 0 aliphatic carbocycles. The summed E-state index contributed by atoms with van der Waals surface area (Å²) in [6, 6.07) is 6.31. The Morgan fingerprint density at radius 1 is 1.18 bits per heavy atom. The maximum atomic E-state index is 5.98. The van der Waals surface area contributed by atoms with Crippen LogP contribution in [0.4, 0.5) is 0 Å². The number of aryl methyl sites for hydroxylation is 2. The SMILES string of the molecule is CCCNCC(CC)Oc1ccc(C)c(C)c1. The zero-order valence-corrected chi connectivity index (χ0v) is 11.5. The molecule has 1 aromatic rings. The summed E-state index contributed by atoms with van der Waals surface area (Å²) in [6.07, 6.45) is 2.47. The van der Waals surface area contributed by atoms with Gasteiger partial charge in [0.2, 0.25) is 0 Å². The summed E-state index contributed by atoms with van der Waals surface area (Å²) >= 11 is 0. The van der Waals surface area contributed by atoms with Crippen molar-refractivity contribution in [3.05, 3.63) is 29.3 Å². The van der Waals surface area contributed by atoms with Crippen LogP contribution in [-0.4, -0.2) is 19.2 Å². The van der Waals surface area contributed by atoms with Crippen molar-refractivity contribution in [2.24, 2.45) is 0 Å². The molecule has 1 aromatic carbocycles. The first kappa shape index (κ1) is 14.0. The van der Waals surface area contributed by atoms with Crippen LogP contribution in [0.1, 0.15) is 37.8 Å². The van der Waals surface area contributed by atoms with Crippen LogP contribution in [0, 0.1) is 13.8 Å². The summed E-state index contributed by atoms with van der Waals surface area (Å²) in [5, 5.41) is 3.41. The molecule has 0 radical (unpaired) electrons. The Bertz CT molecular complexity index is 336. The van der Waals surface area contributed by atoms with E-state index in [-0.39, 0.29) is 6.10 Å². The Morgan fingerprint density at radius 3 is 2.53 bits per heavy atom. The van der Waals surface area contributed by atoms with Crippen molar-refractivity contribution in [3.63, 3.8) is 0 Å². The maximum absolute atomic E-state index is 5.98. The molecule has 96 valence electrons. The van der Waals surface area contributed by atoms with Gasteiger partial charge in [0.25, 0.3) is 0 Å². The Morgan fingerprint density at radius 2 is 1.94 bits per heavy atom. The molecule has 0 aliphatic heterocycles. The maximum Gasteiger partial charge on any atom is 0.120 e. The molecule has 0 bridgehead atoms. The molecule has 2 heteroatoms. The lowest BCUT2D eigenvalue weighted by molar-refractivity contribution is 0.193. The fourth-order valence-electron chi connectivity index (χ4n) is 1.69. The van der Waals surface area contributed by atoms with Crippen molar-refractivity contribution in [3.8, 4) is 5.75 Å². The van der Waals surface area contributed by atoms with Crippen LogP contribution in [0.5, 0.6) is 5.75 Å². The second kappa shape index (κ2) is 7.33. The third-order valence-corrected chi connectivity index (χ3v) is 3.04. The average Bonchev–Trinajstić information content (AvgIpc) is 2.32. The van der Waals surface area contributed by atoms with E-state index >= 15 is 0 Å². The van der Waals surface area contributed by atoms with Crippen molar-refractivity contribution >= 4 is 0 Å². The van der Waals surface area contributed by atoms with Crippen LogP contribution in [0.25, 0.3) is 0 Å². The van der Waals surface area contributed by atoms with Crippen LogP contribution >= 0.6 is 0 Å². The van der Waals surface area contributed by atoms with Crippen LogP contribution in [-0.2, 0) is 0 Å². The average molecular weight is 235 g/mol. The van der Waals surface area contributed by atoms with Gasteiger partial charge in [0.05, 0.1) is 0 Å². The van der Waals surface area contributed by atoms with E-state index in [2.05, 4.69) is 51.2 Å². The molecule has 0 saturated heterocycles. The molecule has 1 atom stereocenters. The molecule has 0 fully saturated rings. The molecule has 0 aliphatic rings. The fourth-order valence-corrected chi connectivity index (χ4v) is 1.69. The van der Waals surface area contributed by atoms with Gasteiger partial charge in [0, 0.05) is 6.54 Å². The van der Waals surface area contributed by atoms with Crippen molar-refractivity contribution in [2.75, 3.05) is 13.1 Å². The minimum atomic E-state index is 0.267. The Kier molecular flexibility index (Phi) is 6.06. The second-order valence-corrected chi connectivity index (χ2v) is 4.60. The summed E-state index contributed by atoms with van der Waals surface area (Å²) < 4.78 is 5.98. The van der Waals surface area contributed by atoms with Gasteiger partial charge in [-0.15, -0.1) is 0 Å². The summed E-state index contributed by atoms with van der Waals surface area (Å²) in [7, 11) is 0. The quantitative estimate of drug-likeness (QED) is 0.731. The first-order chi connectivity index (χ1) is 8.17. The van der Waals surface area contributed by atoms with E-state index in [1.807, 2.05) is 0 Å². The third kappa shape index (κ3) is 4.78. The molecule has 0 heterocycles. The third-order valence-electron chi connectivity index (χ3n) is 3.04. The largest absolute Gasteiger partial charge is 0.489 e. The molecular weight excluding hydrogens is 210 g/mol. The number of hydrogen-bond donors (Lipinski definition) is 1. The minimum absolute atomic E-state index is 0.267. The lowest BCUT2D eigenvalue weighted by atomic mass is 10.1. The predicted octanol–water partition coefficient (Wildman–Crippen LogP) is 3.46.